The van der Waals surface area contributed by atoms with E-state index in [-0.39, 0.29) is 11.0 Å². The van der Waals surface area contributed by atoms with Crippen molar-refractivity contribution in [1.29, 1.82) is 0 Å². The van der Waals surface area contributed by atoms with Gasteiger partial charge in [-0.25, -0.2) is 4.79 Å². The second-order valence-corrected chi connectivity index (χ2v) is 6.30. The maximum atomic E-state index is 11.1. The van der Waals surface area contributed by atoms with Crippen molar-refractivity contribution < 1.29 is 14.7 Å². The molecule has 0 aliphatic carbocycles. The molecule has 96 valence electrons. The van der Waals surface area contributed by atoms with Gasteiger partial charge in [0.05, 0.1) is 16.7 Å². The Labute approximate surface area is 111 Å². The molecular formula is C11H17NO3S2. The fraction of sp³-hybridized carbons (Fsp3) is 0.727. The second kappa shape index (κ2) is 5.35. The van der Waals surface area contributed by atoms with Crippen molar-refractivity contribution in [3.8, 4) is 0 Å². The number of Topliss-reactive ketones (excluding diaryl/α,β-unsaturated/α-hetero) is 1. The average Bonchev–Trinajstić information content (AvgIpc) is 2.50. The molecule has 0 spiro atoms. The number of nitrogens with zero attached hydrogens (tertiary/aromatic N) is 1. The molecule has 0 aromatic rings. The Morgan fingerprint density at radius 3 is 2.47 bits per heavy atom. The second-order valence-electron chi connectivity index (χ2n) is 4.71. The predicted molar refractivity (Wildman–Crippen MR) is 72.7 cm³/mol. The average molecular weight is 275 g/mol. The lowest BCUT2D eigenvalue weighted by Gasteiger charge is -2.33. The van der Waals surface area contributed by atoms with Gasteiger partial charge in [-0.15, -0.1) is 11.8 Å². The summed E-state index contributed by atoms with van der Waals surface area (Å²) in [5.74, 6) is 0.552. The van der Waals surface area contributed by atoms with Crippen LogP contribution in [0.3, 0.4) is 0 Å². The number of amides is 1. The van der Waals surface area contributed by atoms with Crippen LogP contribution in [0.15, 0.2) is 0 Å². The first kappa shape index (κ1) is 14.4. The van der Waals surface area contributed by atoms with Crippen molar-refractivity contribution in [2.75, 3.05) is 5.88 Å². The Bertz CT molecular complexity index is 355. The van der Waals surface area contributed by atoms with Gasteiger partial charge in [0.15, 0.2) is 0 Å². The minimum atomic E-state index is -0.917. The minimum Gasteiger partial charge on any atom is -0.465 e. The third-order valence-corrected chi connectivity index (χ3v) is 5.15. The highest BCUT2D eigenvalue weighted by Crippen LogP contribution is 2.39. The molecule has 0 saturated carbocycles. The molecule has 1 N–H and O–H groups in total. The van der Waals surface area contributed by atoms with Crippen LogP contribution in [-0.2, 0) is 4.79 Å². The van der Waals surface area contributed by atoms with Crippen LogP contribution in [0.1, 0.15) is 33.6 Å². The topological polar surface area (TPSA) is 57.6 Å². The van der Waals surface area contributed by atoms with E-state index in [1.807, 2.05) is 13.8 Å². The van der Waals surface area contributed by atoms with E-state index in [0.29, 0.717) is 18.7 Å². The van der Waals surface area contributed by atoms with E-state index in [1.165, 1.54) is 16.7 Å². The molecule has 0 bridgehead atoms. The standard InChI is InChI=1S/C11H17NO3S2/c1-7(13)4-5-8(16)9-11(2,3)12(6-17-9)10(14)15/h9H,4-6H2,1-3H3,(H,14,15). The molecule has 1 fully saturated rings. The van der Waals surface area contributed by atoms with Crippen molar-refractivity contribution in [2.45, 2.75) is 44.4 Å². The fourth-order valence-electron chi connectivity index (χ4n) is 1.88. The van der Waals surface area contributed by atoms with Crippen LogP contribution in [0.4, 0.5) is 4.79 Å². The van der Waals surface area contributed by atoms with Crippen LogP contribution >= 0.6 is 24.0 Å². The molecule has 0 radical (unpaired) electrons. The molecule has 6 heteroatoms. The van der Waals surface area contributed by atoms with Crippen LogP contribution in [0, 0.1) is 0 Å². The molecule has 1 saturated heterocycles. The quantitative estimate of drug-likeness (QED) is 0.799. The number of hydrogen-bond donors (Lipinski definition) is 1. The molecule has 1 aliphatic rings. The number of carbonyl (C=O) groups excluding carboxylic acids is 1. The molecule has 17 heavy (non-hydrogen) atoms. The number of carbonyl (C=O) groups is 2. The van der Waals surface area contributed by atoms with Gasteiger partial charge in [-0.3, -0.25) is 4.90 Å². The molecule has 1 atom stereocenters. The van der Waals surface area contributed by atoms with Crippen molar-refractivity contribution in [1.82, 2.24) is 4.90 Å². The summed E-state index contributed by atoms with van der Waals surface area (Å²) in [4.78, 5) is 24.2. The molecule has 1 amide bonds. The zero-order valence-corrected chi connectivity index (χ0v) is 11.9. The van der Waals surface area contributed by atoms with Gasteiger partial charge in [0, 0.05) is 11.3 Å². The van der Waals surface area contributed by atoms with Crippen molar-refractivity contribution in [3.05, 3.63) is 0 Å². The highest BCUT2D eigenvalue weighted by Gasteiger charge is 2.46. The van der Waals surface area contributed by atoms with E-state index in [1.54, 1.807) is 6.92 Å². The maximum Gasteiger partial charge on any atom is 0.408 e. The molecule has 1 aliphatic heterocycles. The lowest BCUT2D eigenvalue weighted by Crippen LogP contribution is -2.49. The first-order chi connectivity index (χ1) is 7.76. The monoisotopic (exact) mass is 275 g/mol. The molecule has 1 heterocycles. The van der Waals surface area contributed by atoms with Gasteiger partial charge in [0.1, 0.15) is 5.78 Å². The summed E-state index contributed by atoms with van der Waals surface area (Å²) >= 11 is 6.87. The Balaban J connectivity index is 2.70. The van der Waals surface area contributed by atoms with E-state index in [2.05, 4.69) is 0 Å². The van der Waals surface area contributed by atoms with Crippen LogP contribution in [0.5, 0.6) is 0 Å². The number of ketones is 1. The molecule has 0 aromatic heterocycles. The first-order valence-corrected chi connectivity index (χ1v) is 6.87. The maximum absolute atomic E-state index is 11.1. The van der Waals surface area contributed by atoms with Gasteiger partial charge in [-0.1, -0.05) is 12.2 Å². The van der Waals surface area contributed by atoms with E-state index in [9.17, 15) is 9.59 Å². The van der Waals surface area contributed by atoms with Gasteiger partial charge in [0.25, 0.3) is 0 Å². The fourth-order valence-corrected chi connectivity index (χ4v) is 4.05. The van der Waals surface area contributed by atoms with Crippen LogP contribution in [0.25, 0.3) is 0 Å². The van der Waals surface area contributed by atoms with E-state index < -0.39 is 11.6 Å². The lowest BCUT2D eigenvalue weighted by molar-refractivity contribution is -0.116. The summed E-state index contributed by atoms with van der Waals surface area (Å²) in [6, 6.07) is 0. The largest absolute Gasteiger partial charge is 0.465 e. The first-order valence-electron chi connectivity index (χ1n) is 5.41. The lowest BCUT2D eigenvalue weighted by atomic mass is 9.94. The summed E-state index contributed by atoms with van der Waals surface area (Å²) in [7, 11) is 0. The van der Waals surface area contributed by atoms with Gasteiger partial charge in [-0.2, -0.15) is 0 Å². The Morgan fingerprint density at radius 1 is 1.47 bits per heavy atom. The number of thiocarbonyl (C=S) groups is 1. The molecule has 1 rings (SSSR count). The number of carboxylic acid groups (broad SMARTS) is 1. The summed E-state index contributed by atoms with van der Waals surface area (Å²) in [5, 5.41) is 9.08. The number of rotatable bonds is 4. The third kappa shape index (κ3) is 3.19. The zero-order chi connectivity index (χ0) is 13.2. The van der Waals surface area contributed by atoms with E-state index >= 15 is 0 Å². The Morgan fingerprint density at radius 2 is 2.06 bits per heavy atom. The highest BCUT2D eigenvalue weighted by molar-refractivity contribution is 8.02. The summed E-state index contributed by atoms with van der Waals surface area (Å²) in [5.41, 5.74) is -0.496. The van der Waals surface area contributed by atoms with Crippen molar-refractivity contribution >= 4 is 40.7 Å². The van der Waals surface area contributed by atoms with Gasteiger partial charge in [0.2, 0.25) is 0 Å². The van der Waals surface area contributed by atoms with Gasteiger partial charge in [-0.05, 0) is 27.2 Å². The van der Waals surface area contributed by atoms with Gasteiger partial charge >= 0.3 is 6.09 Å². The highest BCUT2D eigenvalue weighted by atomic mass is 32.2. The normalized spacial score (nSPS) is 22.5. The molecule has 1 unspecified atom stereocenters. The Kier molecular flexibility index (Phi) is 4.55. The molecular weight excluding hydrogens is 258 g/mol. The van der Waals surface area contributed by atoms with Crippen LogP contribution in [0.2, 0.25) is 0 Å². The molecule has 0 aromatic carbocycles. The number of hydrogen-bond acceptors (Lipinski definition) is 4. The number of thioether (sulfide) groups is 1. The van der Waals surface area contributed by atoms with E-state index in [4.69, 9.17) is 17.3 Å². The summed E-state index contributed by atoms with van der Waals surface area (Å²) in [6.07, 6.45) is 0.0949. The SMILES string of the molecule is CC(=O)CCC(=S)C1SCN(C(=O)O)C1(C)C. The molecule has 4 nitrogen and oxygen atoms in total. The summed E-state index contributed by atoms with van der Waals surface area (Å²) < 4.78 is 0. The van der Waals surface area contributed by atoms with Crippen molar-refractivity contribution in [2.24, 2.45) is 0 Å². The van der Waals surface area contributed by atoms with Crippen LogP contribution < -0.4 is 0 Å². The third-order valence-electron chi connectivity index (χ3n) is 2.95. The Hall–Kier alpha value is -0.620. The van der Waals surface area contributed by atoms with Gasteiger partial charge < -0.3 is 9.90 Å². The zero-order valence-electron chi connectivity index (χ0n) is 10.2. The predicted octanol–water partition coefficient (Wildman–Crippen LogP) is 2.56. The van der Waals surface area contributed by atoms with E-state index in [0.717, 1.165) is 4.86 Å². The van der Waals surface area contributed by atoms with Crippen LogP contribution in [-0.4, -0.2) is 43.4 Å². The minimum absolute atomic E-state index is 0.00653. The smallest absolute Gasteiger partial charge is 0.408 e. The van der Waals surface area contributed by atoms with Crippen molar-refractivity contribution in [3.63, 3.8) is 0 Å². The summed E-state index contributed by atoms with van der Waals surface area (Å²) in [6.45, 7) is 5.30.